The van der Waals surface area contributed by atoms with Crippen molar-refractivity contribution in [3.63, 3.8) is 0 Å². The molecule has 2 aromatic heterocycles. The maximum atomic E-state index is 9.28. The number of nitrogen functional groups attached to an aromatic ring is 1. The van der Waals surface area contributed by atoms with Gasteiger partial charge in [-0.05, 0) is 23.1 Å². The molecule has 2 heterocycles. The molecule has 0 unspecified atom stereocenters. The van der Waals surface area contributed by atoms with Gasteiger partial charge in [0.2, 0.25) is 0 Å². The first-order chi connectivity index (χ1) is 11.8. The second kappa shape index (κ2) is 5.60. The topological polar surface area (TPSA) is 83.4 Å². The van der Waals surface area contributed by atoms with Crippen LogP contribution < -0.4 is 5.73 Å². The quantitative estimate of drug-likeness (QED) is 0.607. The Morgan fingerprint density at radius 1 is 1.12 bits per heavy atom. The molecule has 0 aliphatic rings. The molecule has 3 N–H and O–H groups in total. The monoisotopic (exact) mass is 313 g/mol. The molecule has 4 aromatic rings. The fourth-order valence-electron chi connectivity index (χ4n) is 2.94. The maximum Gasteiger partial charge on any atom is 0.163 e. The molecule has 0 atom stereocenters. The highest BCUT2D eigenvalue weighted by molar-refractivity contribution is 5.86. The predicted octanol–water partition coefficient (Wildman–Crippen LogP) is 3.53. The van der Waals surface area contributed by atoms with Gasteiger partial charge in [-0.25, -0.2) is 0 Å². The van der Waals surface area contributed by atoms with Crippen LogP contribution in [-0.4, -0.2) is 14.8 Å². The molecule has 4 rings (SSSR count). The number of nitrogens with two attached hydrogens (primary N) is 1. The van der Waals surface area contributed by atoms with Gasteiger partial charge in [-0.15, -0.1) is 0 Å². The molecule has 0 saturated heterocycles. The lowest BCUT2D eigenvalue weighted by Crippen LogP contribution is -1.97. The van der Waals surface area contributed by atoms with Crippen LogP contribution in [-0.2, 0) is 6.54 Å². The van der Waals surface area contributed by atoms with Gasteiger partial charge in [0.1, 0.15) is 11.6 Å². The van der Waals surface area contributed by atoms with Gasteiger partial charge in [-0.3, -0.25) is 5.10 Å². The second-order valence-electron chi connectivity index (χ2n) is 5.67. The van der Waals surface area contributed by atoms with E-state index in [-0.39, 0.29) is 5.82 Å². The number of aromatic amines is 1. The minimum Gasteiger partial charge on any atom is -0.381 e. The lowest BCUT2D eigenvalue weighted by Gasteiger charge is -2.07. The van der Waals surface area contributed by atoms with E-state index in [1.54, 1.807) is 0 Å². The smallest absolute Gasteiger partial charge is 0.163 e. The number of anilines is 1. The van der Waals surface area contributed by atoms with Crippen LogP contribution in [0.4, 0.5) is 5.82 Å². The average Bonchev–Trinajstić information content (AvgIpc) is 3.19. The number of nitrogens with one attached hydrogen (secondary N) is 1. The number of aromatic nitrogens is 3. The normalized spacial score (nSPS) is 10.8. The molecule has 0 saturated carbocycles. The van der Waals surface area contributed by atoms with E-state index >= 15 is 0 Å². The Kier molecular flexibility index (Phi) is 3.29. The molecular weight excluding hydrogens is 298 g/mol. The van der Waals surface area contributed by atoms with E-state index in [1.165, 1.54) is 5.56 Å². The van der Waals surface area contributed by atoms with Crippen LogP contribution >= 0.6 is 0 Å². The summed E-state index contributed by atoms with van der Waals surface area (Å²) in [7, 11) is 0. The first-order valence-corrected chi connectivity index (χ1v) is 7.63. The van der Waals surface area contributed by atoms with Crippen LogP contribution in [0.5, 0.6) is 0 Å². The van der Waals surface area contributed by atoms with Crippen molar-refractivity contribution in [3.8, 4) is 17.3 Å². The zero-order valence-corrected chi connectivity index (χ0v) is 12.9. The Bertz CT molecular complexity index is 1050. The third-order valence-corrected chi connectivity index (χ3v) is 4.16. The molecule has 24 heavy (non-hydrogen) atoms. The Labute approximate surface area is 139 Å². The molecule has 5 nitrogen and oxygen atoms in total. The Hall–Kier alpha value is -3.52. The molecule has 0 amide bonds. The van der Waals surface area contributed by atoms with Crippen LogP contribution in [0.2, 0.25) is 0 Å². The number of nitrogens with zero attached hydrogens (tertiary/aromatic N) is 3. The molecule has 0 aliphatic heterocycles. The summed E-state index contributed by atoms with van der Waals surface area (Å²) in [4.78, 5) is 0. The van der Waals surface area contributed by atoms with Crippen molar-refractivity contribution in [1.82, 2.24) is 14.8 Å². The molecular formula is C19H15N5. The number of nitriles is 1. The van der Waals surface area contributed by atoms with Gasteiger partial charge >= 0.3 is 0 Å². The Morgan fingerprint density at radius 2 is 1.96 bits per heavy atom. The fourth-order valence-corrected chi connectivity index (χ4v) is 2.94. The minimum absolute atomic E-state index is 0.229. The summed E-state index contributed by atoms with van der Waals surface area (Å²) in [5, 5.41) is 17.2. The van der Waals surface area contributed by atoms with Crippen molar-refractivity contribution in [2.24, 2.45) is 0 Å². The van der Waals surface area contributed by atoms with Gasteiger partial charge in [0.05, 0.1) is 5.69 Å². The van der Waals surface area contributed by atoms with Gasteiger partial charge in [0.15, 0.2) is 5.82 Å². The predicted molar refractivity (Wildman–Crippen MR) is 94.2 cm³/mol. The average molecular weight is 313 g/mol. The summed E-state index contributed by atoms with van der Waals surface area (Å²) in [6.45, 7) is 0.796. The van der Waals surface area contributed by atoms with Gasteiger partial charge in [0.25, 0.3) is 0 Å². The van der Waals surface area contributed by atoms with Crippen LogP contribution in [0, 0.1) is 11.3 Å². The standard InChI is InChI=1S/C19H15N5/c20-11-16-18(22-23-19(16)21)15-7-6-14-8-9-24(17(14)10-15)12-13-4-2-1-3-5-13/h1-10H,12H2,(H3,21,22,23). The summed E-state index contributed by atoms with van der Waals surface area (Å²) < 4.78 is 2.19. The van der Waals surface area contributed by atoms with E-state index in [2.05, 4.69) is 51.3 Å². The molecule has 0 radical (unpaired) electrons. The number of rotatable bonds is 3. The molecule has 0 fully saturated rings. The van der Waals surface area contributed by atoms with Gasteiger partial charge in [-0.2, -0.15) is 10.4 Å². The van der Waals surface area contributed by atoms with E-state index in [1.807, 2.05) is 30.3 Å². The zero-order chi connectivity index (χ0) is 16.5. The third kappa shape index (κ3) is 2.31. The molecule has 0 spiro atoms. The highest BCUT2D eigenvalue weighted by atomic mass is 15.2. The van der Waals surface area contributed by atoms with E-state index in [9.17, 15) is 5.26 Å². The summed E-state index contributed by atoms with van der Waals surface area (Å²) >= 11 is 0. The lowest BCUT2D eigenvalue weighted by atomic mass is 10.1. The van der Waals surface area contributed by atoms with E-state index in [4.69, 9.17) is 5.73 Å². The molecule has 2 aromatic carbocycles. The molecule has 5 heteroatoms. The molecule has 0 aliphatic carbocycles. The van der Waals surface area contributed by atoms with Gasteiger partial charge in [-0.1, -0.05) is 42.5 Å². The fraction of sp³-hybridized carbons (Fsp3) is 0.0526. The summed E-state index contributed by atoms with van der Waals surface area (Å²) in [5.41, 5.74) is 10.0. The van der Waals surface area contributed by atoms with Crippen molar-refractivity contribution >= 4 is 16.7 Å². The number of hydrogen-bond acceptors (Lipinski definition) is 3. The first-order valence-electron chi connectivity index (χ1n) is 7.63. The number of benzene rings is 2. The highest BCUT2D eigenvalue weighted by Crippen LogP contribution is 2.28. The zero-order valence-electron chi connectivity index (χ0n) is 12.9. The molecule has 116 valence electrons. The van der Waals surface area contributed by atoms with Crippen LogP contribution in [0.1, 0.15) is 11.1 Å². The second-order valence-corrected chi connectivity index (χ2v) is 5.67. The van der Waals surface area contributed by atoms with Crippen LogP contribution in [0.3, 0.4) is 0 Å². The first kappa shape index (κ1) is 14.1. The van der Waals surface area contributed by atoms with Crippen molar-refractivity contribution in [2.75, 3.05) is 5.73 Å². The summed E-state index contributed by atoms with van der Waals surface area (Å²) in [5.74, 6) is 0.229. The highest BCUT2D eigenvalue weighted by Gasteiger charge is 2.13. The van der Waals surface area contributed by atoms with Crippen molar-refractivity contribution in [3.05, 3.63) is 71.9 Å². The minimum atomic E-state index is 0.229. The molecule has 0 bridgehead atoms. The summed E-state index contributed by atoms with van der Waals surface area (Å²) in [6.07, 6.45) is 2.08. The van der Waals surface area contributed by atoms with Crippen LogP contribution in [0.25, 0.3) is 22.2 Å². The van der Waals surface area contributed by atoms with E-state index < -0.39 is 0 Å². The van der Waals surface area contributed by atoms with Crippen molar-refractivity contribution in [2.45, 2.75) is 6.54 Å². The van der Waals surface area contributed by atoms with Crippen molar-refractivity contribution < 1.29 is 0 Å². The van der Waals surface area contributed by atoms with Gasteiger partial charge in [0, 0.05) is 23.8 Å². The largest absolute Gasteiger partial charge is 0.381 e. The Balaban J connectivity index is 1.80. The van der Waals surface area contributed by atoms with Crippen molar-refractivity contribution in [1.29, 1.82) is 5.26 Å². The number of H-pyrrole nitrogens is 1. The number of fused-ring (bicyclic) bond motifs is 1. The van der Waals surface area contributed by atoms with Gasteiger partial charge < -0.3 is 10.3 Å². The lowest BCUT2D eigenvalue weighted by molar-refractivity contribution is 0.837. The van der Waals surface area contributed by atoms with Crippen LogP contribution in [0.15, 0.2) is 60.8 Å². The maximum absolute atomic E-state index is 9.28. The SMILES string of the molecule is N#Cc1c(N)n[nH]c1-c1ccc2ccn(Cc3ccccc3)c2c1. The van der Waals surface area contributed by atoms with E-state index in [0.29, 0.717) is 11.3 Å². The Morgan fingerprint density at radius 3 is 2.75 bits per heavy atom. The van der Waals surface area contributed by atoms with E-state index in [0.717, 1.165) is 23.0 Å². The third-order valence-electron chi connectivity index (χ3n) is 4.16. The summed E-state index contributed by atoms with van der Waals surface area (Å²) in [6, 6.07) is 20.6. The number of hydrogen-bond donors (Lipinski definition) is 2.